The lowest BCUT2D eigenvalue weighted by atomic mass is 9.80. The molecule has 0 saturated heterocycles. The summed E-state index contributed by atoms with van der Waals surface area (Å²) in [4.78, 5) is 17.5. The predicted octanol–water partition coefficient (Wildman–Crippen LogP) is 3.37. The Morgan fingerprint density at radius 3 is 3.11 bits per heavy atom. The van der Waals surface area contributed by atoms with Gasteiger partial charge in [-0.3, -0.25) is 9.78 Å². The lowest BCUT2D eigenvalue weighted by molar-refractivity contribution is -0.120. The van der Waals surface area contributed by atoms with Gasteiger partial charge < -0.3 is 0 Å². The van der Waals surface area contributed by atoms with Gasteiger partial charge in [0.1, 0.15) is 5.78 Å². The fraction of sp³-hybridized carbons (Fsp3) is 0.333. The smallest absolute Gasteiger partial charge is 0.145 e. The van der Waals surface area contributed by atoms with Crippen LogP contribution in [0.5, 0.6) is 0 Å². The van der Waals surface area contributed by atoms with Gasteiger partial charge in [0.15, 0.2) is 0 Å². The lowest BCUT2D eigenvalue weighted by Gasteiger charge is -2.24. The van der Waals surface area contributed by atoms with Crippen molar-refractivity contribution in [2.75, 3.05) is 0 Å². The molecule has 1 heterocycles. The highest BCUT2D eigenvalue weighted by atomic mass is 32.1. The Morgan fingerprint density at radius 1 is 1.39 bits per heavy atom. The molecule has 1 atom stereocenters. The summed E-state index contributed by atoms with van der Waals surface area (Å²) in [5.74, 6) is 0.434. The maximum atomic E-state index is 12.4. The summed E-state index contributed by atoms with van der Waals surface area (Å²) in [7, 11) is 0. The van der Waals surface area contributed by atoms with Gasteiger partial charge in [-0.2, -0.15) is 0 Å². The minimum absolute atomic E-state index is 0.0945. The van der Waals surface area contributed by atoms with Crippen LogP contribution < -0.4 is 0 Å². The van der Waals surface area contributed by atoms with E-state index in [0.717, 1.165) is 24.1 Å². The number of Topliss-reactive ketones (excluding diaryl/α,β-unsaturated/α-hetero) is 1. The van der Waals surface area contributed by atoms with Crippen LogP contribution in [-0.4, -0.2) is 10.8 Å². The Hall–Kier alpha value is -1.48. The second kappa shape index (κ2) is 5.02. The molecule has 1 aromatic heterocycles. The molecule has 0 fully saturated rings. The third-order valence-electron chi connectivity index (χ3n) is 3.59. The summed E-state index contributed by atoms with van der Waals surface area (Å²) >= 11 is 1.56. The number of carbonyl (C=O) groups is 1. The van der Waals surface area contributed by atoms with E-state index in [-0.39, 0.29) is 5.92 Å². The molecule has 1 aliphatic carbocycles. The van der Waals surface area contributed by atoms with Gasteiger partial charge in [0.05, 0.1) is 5.51 Å². The SMILES string of the molecule is O=C(Cc1cncs1)C1CCCc2ccccc21. The van der Waals surface area contributed by atoms with Gasteiger partial charge in [0, 0.05) is 23.4 Å². The van der Waals surface area contributed by atoms with Crippen LogP contribution in [-0.2, 0) is 17.6 Å². The van der Waals surface area contributed by atoms with Gasteiger partial charge in [-0.1, -0.05) is 24.3 Å². The molecule has 0 aliphatic heterocycles. The van der Waals surface area contributed by atoms with Gasteiger partial charge >= 0.3 is 0 Å². The number of nitrogens with zero attached hydrogens (tertiary/aromatic N) is 1. The van der Waals surface area contributed by atoms with Crippen molar-refractivity contribution in [1.29, 1.82) is 0 Å². The number of fused-ring (bicyclic) bond motifs is 1. The van der Waals surface area contributed by atoms with Crippen LogP contribution in [0.15, 0.2) is 36.0 Å². The number of thiazole rings is 1. The van der Waals surface area contributed by atoms with E-state index in [2.05, 4.69) is 23.2 Å². The Balaban J connectivity index is 1.83. The molecule has 2 aromatic rings. The van der Waals surface area contributed by atoms with Crippen molar-refractivity contribution in [2.24, 2.45) is 0 Å². The third-order valence-corrected chi connectivity index (χ3v) is 4.37. The fourth-order valence-corrected chi connectivity index (χ4v) is 3.32. The second-order valence-electron chi connectivity index (χ2n) is 4.75. The highest BCUT2D eigenvalue weighted by Gasteiger charge is 2.26. The molecule has 0 radical (unpaired) electrons. The molecular formula is C15H15NOS. The number of hydrogen-bond donors (Lipinski definition) is 0. The first-order valence-electron chi connectivity index (χ1n) is 6.32. The molecule has 18 heavy (non-hydrogen) atoms. The van der Waals surface area contributed by atoms with E-state index >= 15 is 0 Å². The van der Waals surface area contributed by atoms with E-state index in [4.69, 9.17) is 0 Å². The number of benzene rings is 1. The summed E-state index contributed by atoms with van der Waals surface area (Å²) in [6.07, 6.45) is 5.56. The average Bonchev–Trinajstić information content (AvgIpc) is 2.91. The number of hydrogen-bond acceptors (Lipinski definition) is 3. The second-order valence-corrected chi connectivity index (χ2v) is 5.73. The standard InChI is InChI=1S/C15H15NOS/c17-15(8-12-9-16-10-18-12)14-7-3-5-11-4-1-2-6-13(11)14/h1-2,4,6,9-10,14H,3,5,7-8H2. The molecule has 92 valence electrons. The monoisotopic (exact) mass is 257 g/mol. The number of rotatable bonds is 3. The number of aryl methyl sites for hydroxylation is 1. The number of aromatic nitrogens is 1. The van der Waals surface area contributed by atoms with E-state index in [1.165, 1.54) is 11.1 Å². The summed E-state index contributed by atoms with van der Waals surface area (Å²) in [6.45, 7) is 0. The van der Waals surface area contributed by atoms with Crippen molar-refractivity contribution in [3.05, 3.63) is 52.0 Å². The maximum Gasteiger partial charge on any atom is 0.145 e. The first-order chi connectivity index (χ1) is 8.84. The summed E-state index contributed by atoms with van der Waals surface area (Å²) in [6, 6.07) is 8.37. The Kier molecular flexibility index (Phi) is 3.24. The zero-order valence-electron chi connectivity index (χ0n) is 10.1. The van der Waals surface area contributed by atoms with Crippen LogP contribution in [0.3, 0.4) is 0 Å². The van der Waals surface area contributed by atoms with Crippen LogP contribution in [0.4, 0.5) is 0 Å². The molecule has 0 spiro atoms. The van der Waals surface area contributed by atoms with Crippen molar-refractivity contribution in [3.8, 4) is 0 Å². The Morgan fingerprint density at radius 2 is 2.28 bits per heavy atom. The Labute approximate surface area is 111 Å². The minimum Gasteiger partial charge on any atom is -0.299 e. The zero-order chi connectivity index (χ0) is 12.4. The number of ketones is 1. The van der Waals surface area contributed by atoms with Crippen LogP contribution in [0.2, 0.25) is 0 Å². The van der Waals surface area contributed by atoms with Gasteiger partial charge in [0.25, 0.3) is 0 Å². The van der Waals surface area contributed by atoms with E-state index in [1.807, 2.05) is 6.07 Å². The quantitative estimate of drug-likeness (QED) is 0.843. The first-order valence-corrected chi connectivity index (χ1v) is 7.20. The lowest BCUT2D eigenvalue weighted by Crippen LogP contribution is -2.19. The fourth-order valence-electron chi connectivity index (χ4n) is 2.71. The van der Waals surface area contributed by atoms with E-state index in [1.54, 1.807) is 23.0 Å². The first kappa shape index (κ1) is 11.6. The molecule has 2 nitrogen and oxygen atoms in total. The van der Waals surface area contributed by atoms with E-state index in [0.29, 0.717) is 12.2 Å². The van der Waals surface area contributed by atoms with Crippen molar-refractivity contribution in [3.63, 3.8) is 0 Å². The summed E-state index contributed by atoms with van der Waals surface area (Å²) < 4.78 is 0. The van der Waals surface area contributed by atoms with Crippen LogP contribution in [0.25, 0.3) is 0 Å². The third kappa shape index (κ3) is 2.23. The molecule has 0 N–H and O–H groups in total. The van der Waals surface area contributed by atoms with E-state index in [9.17, 15) is 4.79 Å². The highest BCUT2D eigenvalue weighted by Crippen LogP contribution is 2.33. The zero-order valence-corrected chi connectivity index (χ0v) is 11.0. The predicted molar refractivity (Wildman–Crippen MR) is 72.9 cm³/mol. The molecular weight excluding hydrogens is 242 g/mol. The van der Waals surface area contributed by atoms with Crippen molar-refractivity contribution in [2.45, 2.75) is 31.6 Å². The number of carbonyl (C=O) groups excluding carboxylic acids is 1. The van der Waals surface area contributed by atoms with Crippen molar-refractivity contribution < 1.29 is 4.79 Å². The largest absolute Gasteiger partial charge is 0.299 e. The summed E-state index contributed by atoms with van der Waals surface area (Å²) in [5.41, 5.74) is 4.39. The normalized spacial score (nSPS) is 18.3. The van der Waals surface area contributed by atoms with Crippen LogP contribution in [0.1, 0.15) is 34.8 Å². The molecule has 1 aliphatic rings. The molecule has 3 rings (SSSR count). The van der Waals surface area contributed by atoms with Crippen molar-refractivity contribution in [1.82, 2.24) is 4.98 Å². The highest BCUT2D eigenvalue weighted by molar-refractivity contribution is 7.09. The summed E-state index contributed by atoms with van der Waals surface area (Å²) in [5, 5.41) is 0. The average molecular weight is 257 g/mol. The molecule has 0 saturated carbocycles. The molecule has 0 amide bonds. The van der Waals surface area contributed by atoms with Gasteiger partial charge in [0.2, 0.25) is 0 Å². The minimum atomic E-state index is 0.0945. The van der Waals surface area contributed by atoms with Crippen LogP contribution in [0, 0.1) is 0 Å². The van der Waals surface area contributed by atoms with Gasteiger partial charge in [-0.25, -0.2) is 0 Å². The molecule has 1 aromatic carbocycles. The maximum absolute atomic E-state index is 12.4. The van der Waals surface area contributed by atoms with Gasteiger partial charge in [-0.15, -0.1) is 11.3 Å². The molecule has 0 bridgehead atoms. The molecule has 1 unspecified atom stereocenters. The topological polar surface area (TPSA) is 30.0 Å². The molecule has 3 heteroatoms. The Bertz CT molecular complexity index is 547. The van der Waals surface area contributed by atoms with Gasteiger partial charge in [-0.05, 0) is 30.4 Å². The van der Waals surface area contributed by atoms with Crippen LogP contribution >= 0.6 is 11.3 Å². The van der Waals surface area contributed by atoms with Crippen molar-refractivity contribution >= 4 is 17.1 Å². The van der Waals surface area contributed by atoms with E-state index < -0.39 is 0 Å².